The quantitative estimate of drug-likeness (QED) is 0.812. The standard InChI is InChI=1S/C16H24N2O3/c1-11-3-5-12(6-4-11)7-10-18-14(20)16(8-2-9-16)13(19)17-15(18)21/h11-12H,2-10H2,1H3,(H,17,19,21). The number of nitrogens with zero attached hydrogens (tertiary/aromatic N) is 1. The fraction of sp³-hybridized carbons (Fsp3) is 0.812. The molecule has 2 aliphatic carbocycles. The number of carbonyl (C=O) groups excluding carboxylic acids is 3. The maximum absolute atomic E-state index is 12.5. The van der Waals surface area contributed by atoms with Crippen LogP contribution in [0.25, 0.3) is 0 Å². The van der Waals surface area contributed by atoms with Crippen molar-refractivity contribution in [2.24, 2.45) is 17.3 Å². The zero-order valence-corrected chi connectivity index (χ0v) is 12.7. The molecule has 1 N–H and O–H groups in total. The Hall–Kier alpha value is -1.39. The van der Waals surface area contributed by atoms with Crippen LogP contribution in [0.15, 0.2) is 0 Å². The van der Waals surface area contributed by atoms with Gasteiger partial charge in [0.15, 0.2) is 0 Å². The summed E-state index contributed by atoms with van der Waals surface area (Å²) in [5.41, 5.74) is -0.922. The van der Waals surface area contributed by atoms with Gasteiger partial charge in [0.1, 0.15) is 5.41 Å². The van der Waals surface area contributed by atoms with E-state index in [1.54, 1.807) is 0 Å². The van der Waals surface area contributed by atoms with Gasteiger partial charge in [-0.1, -0.05) is 39.0 Å². The van der Waals surface area contributed by atoms with Gasteiger partial charge in [0.2, 0.25) is 11.8 Å². The van der Waals surface area contributed by atoms with E-state index in [0.29, 0.717) is 25.3 Å². The van der Waals surface area contributed by atoms with Crippen molar-refractivity contribution < 1.29 is 14.4 Å². The maximum Gasteiger partial charge on any atom is 0.330 e. The molecule has 3 fully saturated rings. The van der Waals surface area contributed by atoms with Crippen molar-refractivity contribution in [3.63, 3.8) is 0 Å². The van der Waals surface area contributed by atoms with Crippen LogP contribution in [-0.4, -0.2) is 29.3 Å². The summed E-state index contributed by atoms with van der Waals surface area (Å²) in [6.45, 7) is 2.74. The summed E-state index contributed by atoms with van der Waals surface area (Å²) < 4.78 is 0. The molecule has 1 spiro atoms. The van der Waals surface area contributed by atoms with E-state index in [1.807, 2.05) is 0 Å². The first kappa shape index (κ1) is 14.5. The lowest BCUT2D eigenvalue weighted by Gasteiger charge is -2.44. The van der Waals surface area contributed by atoms with Gasteiger partial charge in [-0.2, -0.15) is 0 Å². The minimum Gasteiger partial charge on any atom is -0.277 e. The van der Waals surface area contributed by atoms with Crippen molar-refractivity contribution in [1.82, 2.24) is 10.2 Å². The molecule has 5 nitrogen and oxygen atoms in total. The Balaban J connectivity index is 1.60. The Labute approximate surface area is 125 Å². The molecule has 3 aliphatic rings. The number of hydrogen-bond donors (Lipinski definition) is 1. The van der Waals surface area contributed by atoms with E-state index >= 15 is 0 Å². The molecule has 4 amide bonds. The van der Waals surface area contributed by atoms with E-state index in [0.717, 1.165) is 18.8 Å². The van der Waals surface area contributed by atoms with Gasteiger partial charge in [0, 0.05) is 6.54 Å². The van der Waals surface area contributed by atoms with E-state index < -0.39 is 11.4 Å². The van der Waals surface area contributed by atoms with E-state index in [9.17, 15) is 14.4 Å². The summed E-state index contributed by atoms with van der Waals surface area (Å²) >= 11 is 0. The summed E-state index contributed by atoms with van der Waals surface area (Å²) in [6.07, 6.45) is 7.80. The SMILES string of the molecule is CC1CCC(CCN2C(=O)NC(=O)C3(CCC3)C2=O)CC1. The van der Waals surface area contributed by atoms with Crippen LogP contribution in [0.5, 0.6) is 0 Å². The first-order valence-electron chi connectivity index (χ1n) is 8.20. The van der Waals surface area contributed by atoms with E-state index in [4.69, 9.17) is 0 Å². The lowest BCUT2D eigenvalue weighted by Crippen LogP contribution is -2.66. The molecule has 1 saturated heterocycles. The van der Waals surface area contributed by atoms with Crippen molar-refractivity contribution in [2.45, 2.75) is 58.3 Å². The molecule has 0 unspecified atom stereocenters. The van der Waals surface area contributed by atoms with Crippen molar-refractivity contribution >= 4 is 17.8 Å². The van der Waals surface area contributed by atoms with E-state index in [2.05, 4.69) is 12.2 Å². The predicted octanol–water partition coefficient (Wildman–Crippen LogP) is 2.45. The van der Waals surface area contributed by atoms with E-state index in [-0.39, 0.29) is 11.8 Å². The predicted molar refractivity (Wildman–Crippen MR) is 77.3 cm³/mol. The number of amides is 4. The van der Waals surface area contributed by atoms with Crippen LogP contribution >= 0.6 is 0 Å². The second kappa shape index (κ2) is 5.43. The zero-order chi connectivity index (χ0) is 15.0. The van der Waals surface area contributed by atoms with Gasteiger partial charge in [0.25, 0.3) is 0 Å². The van der Waals surface area contributed by atoms with Gasteiger partial charge >= 0.3 is 6.03 Å². The number of carbonyl (C=O) groups is 3. The molecule has 0 aromatic rings. The van der Waals surface area contributed by atoms with Crippen molar-refractivity contribution in [2.75, 3.05) is 6.54 Å². The molecule has 1 heterocycles. The van der Waals surface area contributed by atoms with Gasteiger partial charge in [-0.25, -0.2) is 4.79 Å². The average molecular weight is 292 g/mol. The Kier molecular flexibility index (Phi) is 3.76. The van der Waals surface area contributed by atoms with Gasteiger partial charge in [-0.05, 0) is 31.1 Å². The number of barbiturate groups is 1. The Bertz CT molecular complexity index is 462. The second-order valence-electron chi connectivity index (χ2n) is 7.07. The normalized spacial score (nSPS) is 32.0. The topological polar surface area (TPSA) is 66.5 Å². The summed E-state index contributed by atoms with van der Waals surface area (Å²) in [7, 11) is 0. The summed E-state index contributed by atoms with van der Waals surface area (Å²) in [6, 6.07) is -0.522. The molecule has 5 heteroatoms. The molecule has 3 rings (SSSR count). The number of nitrogens with one attached hydrogen (secondary N) is 1. The fourth-order valence-electron chi connectivity index (χ4n) is 3.84. The van der Waals surface area contributed by atoms with Crippen LogP contribution in [0.2, 0.25) is 0 Å². The molecule has 0 atom stereocenters. The lowest BCUT2D eigenvalue weighted by atomic mass is 9.66. The molecule has 0 bridgehead atoms. The van der Waals surface area contributed by atoms with Crippen LogP contribution in [0.3, 0.4) is 0 Å². The first-order valence-corrected chi connectivity index (χ1v) is 8.20. The Morgan fingerprint density at radius 2 is 1.81 bits per heavy atom. The Morgan fingerprint density at radius 3 is 2.38 bits per heavy atom. The van der Waals surface area contributed by atoms with Crippen LogP contribution in [0.4, 0.5) is 4.79 Å². The maximum atomic E-state index is 12.5. The molecule has 0 aromatic heterocycles. The molecule has 0 radical (unpaired) electrons. The van der Waals surface area contributed by atoms with Gasteiger partial charge in [0.05, 0.1) is 0 Å². The van der Waals surface area contributed by atoms with Gasteiger partial charge in [-0.3, -0.25) is 19.8 Å². The van der Waals surface area contributed by atoms with Crippen LogP contribution < -0.4 is 5.32 Å². The summed E-state index contributed by atoms with van der Waals surface area (Å²) in [4.78, 5) is 37.7. The molecular weight excluding hydrogens is 268 g/mol. The van der Waals surface area contributed by atoms with Crippen LogP contribution in [-0.2, 0) is 9.59 Å². The van der Waals surface area contributed by atoms with Crippen molar-refractivity contribution in [3.05, 3.63) is 0 Å². The molecule has 116 valence electrons. The monoisotopic (exact) mass is 292 g/mol. The van der Waals surface area contributed by atoms with Crippen LogP contribution in [0, 0.1) is 17.3 Å². The number of hydrogen-bond acceptors (Lipinski definition) is 3. The van der Waals surface area contributed by atoms with Crippen molar-refractivity contribution in [1.29, 1.82) is 0 Å². The highest BCUT2D eigenvalue weighted by atomic mass is 16.2. The second-order valence-corrected chi connectivity index (χ2v) is 7.07. The van der Waals surface area contributed by atoms with E-state index in [1.165, 1.54) is 30.6 Å². The molecule has 1 aliphatic heterocycles. The van der Waals surface area contributed by atoms with Crippen LogP contribution in [0.1, 0.15) is 58.3 Å². The minimum atomic E-state index is -0.922. The number of urea groups is 1. The lowest BCUT2D eigenvalue weighted by molar-refractivity contribution is -0.157. The molecule has 2 saturated carbocycles. The average Bonchev–Trinajstić information content (AvgIpc) is 2.38. The molecule has 0 aromatic carbocycles. The first-order chi connectivity index (χ1) is 10.0. The van der Waals surface area contributed by atoms with Gasteiger partial charge in [-0.15, -0.1) is 0 Å². The smallest absolute Gasteiger partial charge is 0.277 e. The Morgan fingerprint density at radius 1 is 1.14 bits per heavy atom. The third kappa shape index (κ3) is 2.47. The highest BCUT2D eigenvalue weighted by molar-refractivity contribution is 6.19. The highest BCUT2D eigenvalue weighted by Gasteiger charge is 2.57. The van der Waals surface area contributed by atoms with Crippen molar-refractivity contribution in [3.8, 4) is 0 Å². The third-order valence-electron chi connectivity index (χ3n) is 5.66. The van der Waals surface area contributed by atoms with Gasteiger partial charge < -0.3 is 0 Å². The third-order valence-corrected chi connectivity index (χ3v) is 5.66. The fourth-order valence-corrected chi connectivity index (χ4v) is 3.84. The largest absolute Gasteiger partial charge is 0.330 e. The number of rotatable bonds is 3. The minimum absolute atomic E-state index is 0.258. The number of imide groups is 2. The summed E-state index contributed by atoms with van der Waals surface area (Å²) in [5.74, 6) is 0.770. The molecular formula is C16H24N2O3. The zero-order valence-electron chi connectivity index (χ0n) is 12.7. The summed E-state index contributed by atoms with van der Waals surface area (Å²) in [5, 5.41) is 2.37. The molecule has 21 heavy (non-hydrogen) atoms. The highest BCUT2D eigenvalue weighted by Crippen LogP contribution is 2.44.